The van der Waals surface area contributed by atoms with Gasteiger partial charge in [0.05, 0.1) is 51.3 Å². The van der Waals surface area contributed by atoms with Gasteiger partial charge < -0.3 is 27.0 Å². The second kappa shape index (κ2) is 43.1. The number of fused-ring (bicyclic) bond motifs is 5. The van der Waals surface area contributed by atoms with Crippen molar-refractivity contribution in [1.82, 2.24) is 51.7 Å². The first kappa shape index (κ1) is 99.7. The number of hydrogen-bond acceptors (Lipinski definition) is 36. The maximum atomic E-state index is 12.6. The number of aromatic nitrogens is 10. The van der Waals surface area contributed by atoms with E-state index in [0.717, 1.165) is 168 Å². The molecule has 710 valence electrons. The van der Waals surface area contributed by atoms with Crippen LogP contribution in [0.2, 0.25) is 0 Å². The Morgan fingerprint density at radius 2 is 0.429 bits per heavy atom. The molecule has 0 aliphatic heterocycles. The van der Waals surface area contributed by atoms with E-state index in [9.17, 15) is 52.7 Å². The molecule has 5 aromatic carbocycles. The molecule has 5 N–H and O–H groups in total. The van der Waals surface area contributed by atoms with Gasteiger partial charge in [0.1, 0.15) is 27.9 Å². The first-order valence-electron chi connectivity index (χ1n) is 42.3. The van der Waals surface area contributed by atoms with E-state index in [0.29, 0.717) is 110 Å². The Morgan fingerprint density at radius 1 is 0.264 bits per heavy atom. The van der Waals surface area contributed by atoms with Gasteiger partial charge in [0.25, 0.3) is 29.5 Å². The minimum atomic E-state index is -0.528. The number of carbonyl (C=O) groups excluding carboxylic acids is 6. The normalized spacial score (nSPS) is 10.9. The molecule has 0 aliphatic carbocycles. The molecule has 32 nitrogen and oxygen atoms in total. The lowest BCUT2D eigenvalue weighted by molar-refractivity contribution is -0.115. The van der Waals surface area contributed by atoms with Crippen LogP contribution in [0.4, 0.5) is 25.7 Å². The largest absolute Gasteiger partial charge is 0.450 e. The molecule has 42 heteroatoms. The lowest BCUT2D eigenvalue weighted by Gasteiger charge is -2.06. The number of benzene rings is 5. The molecular weight excluding hydrogens is 1980 g/mol. The predicted octanol–water partition coefficient (Wildman–Crippen LogP) is 22.5. The summed E-state index contributed by atoms with van der Waals surface area (Å²) < 4.78 is 50.0. The van der Waals surface area contributed by atoms with Crippen LogP contribution in [0.5, 0.6) is 0 Å². The van der Waals surface area contributed by atoms with Crippen LogP contribution in [0.3, 0.4) is 0 Å². The summed E-state index contributed by atoms with van der Waals surface area (Å²) in [7, 11) is 3.38. The molecule has 0 aliphatic rings. The SMILES string of the molecule is CN(C)C=O.Cc1ccc(-c2nsc(NC(=O)c3cc(=O)c4ccc(C)c(C)c4o3)n2)s1.Cc1ccc(-c2nsc(NC(=O)c3cc(=O)c4ccc(C)c(C)c4o3)n2)s1.Cc1ccc(-c2nsc(NC(=O)c3cc(=O)c4ccc(C)c(C)c4o3)n2)s1.Cc1ccc(-c2nsc(NC(=O)c3cc(=O)c4ccc(C)c(C)c4o3)n2)s1.Cc1ccc(-c2nsc(NC(=O)c3cc(=O)c4ccc(C)c(C)c4o3)n2)s1. The van der Waals surface area contributed by atoms with E-state index < -0.39 is 29.5 Å². The van der Waals surface area contributed by atoms with Crippen LogP contribution < -0.4 is 53.7 Å². The van der Waals surface area contributed by atoms with Crippen LogP contribution in [0.15, 0.2) is 198 Å². The number of hydrogen-bond donors (Lipinski definition) is 5. The fourth-order valence-electron chi connectivity index (χ4n) is 13.3. The van der Waals surface area contributed by atoms with Crippen molar-refractivity contribution >= 4 is 231 Å². The number of nitrogens with one attached hydrogen (secondary N) is 5. The number of amides is 6. The highest BCUT2D eigenvalue weighted by Crippen LogP contribution is 2.36. The highest BCUT2D eigenvalue weighted by atomic mass is 32.1. The molecule has 0 spiro atoms. The summed E-state index contributed by atoms with van der Waals surface area (Å²) in [4.78, 5) is 168. The average molecular weight is 2060 g/mol. The highest BCUT2D eigenvalue weighted by Gasteiger charge is 2.25. The summed E-state index contributed by atoms with van der Waals surface area (Å²) in [5, 5.41) is 17.3. The molecule has 0 bridgehead atoms. The van der Waals surface area contributed by atoms with E-state index in [1.807, 2.05) is 195 Å². The lowest BCUT2D eigenvalue weighted by atomic mass is 10.1. The minimum absolute atomic E-state index is 0.0510. The Morgan fingerprint density at radius 3 is 0.571 bits per heavy atom. The van der Waals surface area contributed by atoms with Crippen molar-refractivity contribution in [3.63, 3.8) is 0 Å². The second-order valence-electron chi connectivity index (χ2n) is 31.8. The van der Waals surface area contributed by atoms with Gasteiger partial charge in [0.15, 0.2) is 85.1 Å². The van der Waals surface area contributed by atoms with Crippen molar-refractivity contribution < 1.29 is 50.9 Å². The first-order valence-corrected chi connectivity index (χ1v) is 50.2. The van der Waals surface area contributed by atoms with E-state index in [1.54, 1.807) is 101 Å². The van der Waals surface area contributed by atoms with Crippen molar-refractivity contribution in [2.24, 2.45) is 0 Å². The first-order chi connectivity index (χ1) is 66.9. The summed E-state index contributed by atoms with van der Waals surface area (Å²) in [5.74, 6) is -0.0476. The predicted molar refractivity (Wildman–Crippen MR) is 559 cm³/mol. The van der Waals surface area contributed by atoms with Crippen LogP contribution in [0.1, 0.15) is 133 Å². The van der Waals surface area contributed by atoms with Crippen molar-refractivity contribution in [1.29, 1.82) is 0 Å². The summed E-state index contributed by atoms with van der Waals surface area (Å²) in [6.07, 6.45) is 0.750. The second-order valence-corrected chi connectivity index (χ2v) is 42.0. The third kappa shape index (κ3) is 23.1. The summed E-state index contributed by atoms with van der Waals surface area (Å²) in [5.41, 5.74) is 10.0. The average Bonchev–Trinajstić information content (AvgIpc) is 1.44. The molecule has 0 saturated carbocycles. The maximum Gasteiger partial charge on any atom is 0.293 e. The van der Waals surface area contributed by atoms with E-state index >= 15 is 0 Å². The number of thiophene rings is 5. The summed E-state index contributed by atoms with van der Waals surface area (Å²) in [6, 6.07) is 43.6. The molecule has 6 amide bonds. The van der Waals surface area contributed by atoms with Gasteiger partial charge in [-0.3, -0.25) is 79.3 Å². The van der Waals surface area contributed by atoms with Crippen molar-refractivity contribution in [3.05, 3.63) is 312 Å². The van der Waals surface area contributed by atoms with Gasteiger partial charge in [-0.25, -0.2) is 0 Å². The summed E-state index contributed by atoms with van der Waals surface area (Å²) >= 11 is 13.3. The van der Waals surface area contributed by atoms with Gasteiger partial charge in [-0.1, -0.05) is 30.3 Å². The topological polar surface area (TPSA) is 446 Å². The molecule has 0 saturated heterocycles. The van der Waals surface area contributed by atoms with Crippen LogP contribution in [0, 0.1) is 104 Å². The quantitative estimate of drug-likeness (QED) is 0.0561. The Labute approximate surface area is 836 Å². The van der Waals surface area contributed by atoms with Gasteiger partial charge in [0.2, 0.25) is 32.1 Å². The minimum Gasteiger partial charge on any atom is -0.450 e. The van der Waals surface area contributed by atoms with Gasteiger partial charge in [-0.2, -0.15) is 46.8 Å². The Hall–Kier alpha value is -14.7. The lowest BCUT2D eigenvalue weighted by Crippen LogP contribution is -2.15. The molecule has 0 fully saturated rings. The molecule has 0 atom stereocenters. The van der Waals surface area contributed by atoms with Gasteiger partial charge in [-0.05, 0) is 250 Å². The smallest absolute Gasteiger partial charge is 0.293 e. The Kier molecular flexibility index (Phi) is 30.7. The van der Waals surface area contributed by atoms with E-state index in [-0.39, 0.29) is 55.9 Å². The molecular formula is C98H82N16O16S10. The zero-order chi connectivity index (χ0) is 99.9. The van der Waals surface area contributed by atoms with Crippen molar-refractivity contribution in [3.8, 4) is 53.5 Å². The molecule has 0 unspecified atom stereocenters. The van der Waals surface area contributed by atoms with E-state index in [2.05, 4.69) is 73.4 Å². The van der Waals surface area contributed by atoms with Gasteiger partial charge >= 0.3 is 0 Å². The maximum absolute atomic E-state index is 12.6. The number of anilines is 5. The molecule has 140 heavy (non-hydrogen) atoms. The molecule has 20 rings (SSSR count). The third-order valence-corrected chi connectivity index (χ3v) is 29.6. The van der Waals surface area contributed by atoms with Crippen molar-refractivity contribution in [2.75, 3.05) is 40.7 Å². The number of carbonyl (C=O) groups is 6. The number of rotatable bonds is 16. The molecule has 15 heterocycles. The monoisotopic (exact) mass is 2060 g/mol. The van der Waals surface area contributed by atoms with Crippen molar-refractivity contribution in [2.45, 2.75) is 104 Å². The van der Waals surface area contributed by atoms with Crippen LogP contribution in [-0.2, 0) is 4.79 Å². The van der Waals surface area contributed by atoms with Crippen LogP contribution in [-0.4, -0.2) is 102 Å². The fraction of sp³-hybridized carbons (Fsp3) is 0.173. The van der Waals surface area contributed by atoms with Gasteiger partial charge in [-0.15, -0.1) is 56.7 Å². The summed E-state index contributed by atoms with van der Waals surface area (Å²) in [6.45, 7) is 29.0. The third-order valence-electron chi connectivity index (χ3n) is 21.4. The molecule has 15 aromatic heterocycles. The van der Waals surface area contributed by atoms with Gasteiger partial charge in [0, 0.05) is 126 Å². The number of nitrogens with zero attached hydrogens (tertiary/aromatic N) is 11. The highest BCUT2D eigenvalue weighted by molar-refractivity contribution is 7.18. The Balaban J connectivity index is 0.000000131. The Bertz CT molecular complexity index is 7440. The van der Waals surface area contributed by atoms with Crippen LogP contribution in [0.25, 0.3) is 108 Å². The molecule has 0 radical (unpaired) electrons. The fourth-order valence-corrected chi connectivity index (χ4v) is 20.4. The van der Waals surface area contributed by atoms with E-state index in [4.69, 9.17) is 22.1 Å². The zero-order valence-corrected chi connectivity index (χ0v) is 85.7. The van der Waals surface area contributed by atoms with Crippen LogP contribution >= 0.6 is 114 Å². The molecule has 20 aromatic rings. The zero-order valence-electron chi connectivity index (χ0n) is 77.5. The standard InChI is InChI=1S/5C19H15N3O3S2.C3H7NO/c5*1-9-4-6-12-13(23)8-14(25-16(12)11(9)3)18(24)21-19-20-17(22-27-19)15-7-5-10(2)26-15;1-4(2)3-5/h5*4-8H,1-3H3,(H,20,21,22,24);3H,1-2H3. The van der Waals surface area contributed by atoms with E-state index in [1.165, 1.54) is 35.2 Å². The number of aryl methyl sites for hydroxylation is 15.